The molecule has 3 atom stereocenters. The number of aliphatic hydroxyl groups is 1. The van der Waals surface area contributed by atoms with E-state index in [0.717, 1.165) is 38.5 Å². The number of hydrogen-bond donors (Lipinski definition) is 1. The molecule has 2 saturated heterocycles. The van der Waals surface area contributed by atoms with Crippen molar-refractivity contribution < 1.29 is 14.6 Å². The largest absolute Gasteiger partial charge is 0.396 e. The van der Waals surface area contributed by atoms with Crippen molar-refractivity contribution in [2.45, 2.75) is 63.4 Å². The van der Waals surface area contributed by atoms with Gasteiger partial charge in [0.05, 0.1) is 12.2 Å². The molecule has 14 heavy (non-hydrogen) atoms. The number of aliphatic hydroxyl groups excluding tert-OH is 1. The first-order valence-electron chi connectivity index (χ1n) is 5.71. The first-order chi connectivity index (χ1) is 6.74. The Morgan fingerprint density at radius 2 is 2.14 bits per heavy atom. The van der Waals surface area contributed by atoms with E-state index in [1.54, 1.807) is 0 Å². The lowest BCUT2D eigenvalue weighted by Crippen LogP contribution is -2.40. The molecule has 2 fully saturated rings. The van der Waals surface area contributed by atoms with Crippen molar-refractivity contribution in [3.8, 4) is 0 Å². The van der Waals surface area contributed by atoms with Gasteiger partial charge in [0.25, 0.3) is 0 Å². The lowest BCUT2D eigenvalue weighted by atomic mass is 9.97. The van der Waals surface area contributed by atoms with Crippen LogP contribution in [-0.4, -0.2) is 29.7 Å². The van der Waals surface area contributed by atoms with Gasteiger partial charge in [-0.25, -0.2) is 0 Å². The van der Waals surface area contributed by atoms with E-state index in [1.165, 1.54) is 0 Å². The molecule has 3 heteroatoms. The highest BCUT2D eigenvalue weighted by Gasteiger charge is 2.43. The Morgan fingerprint density at radius 3 is 2.79 bits per heavy atom. The van der Waals surface area contributed by atoms with Gasteiger partial charge in [-0.2, -0.15) is 0 Å². The summed E-state index contributed by atoms with van der Waals surface area (Å²) in [5, 5.41) is 8.88. The summed E-state index contributed by atoms with van der Waals surface area (Å²) in [7, 11) is 0. The molecule has 3 nitrogen and oxygen atoms in total. The maximum Gasteiger partial charge on any atom is 0.169 e. The standard InChI is InChI=1S/C11H20O3/c1-9-4-7-11(13-9)6-2-3-10(14-11)5-8-12/h9-10,12H,2-8H2,1H3/t9-,10+,11-/m1/s1. The van der Waals surface area contributed by atoms with Crippen molar-refractivity contribution in [1.82, 2.24) is 0 Å². The molecule has 0 unspecified atom stereocenters. The van der Waals surface area contributed by atoms with Crippen LogP contribution in [0.1, 0.15) is 45.4 Å². The first kappa shape index (κ1) is 10.4. The molecular formula is C11H20O3. The minimum atomic E-state index is -0.294. The molecule has 0 aromatic carbocycles. The van der Waals surface area contributed by atoms with Gasteiger partial charge in [-0.15, -0.1) is 0 Å². The molecule has 82 valence electrons. The average molecular weight is 200 g/mol. The van der Waals surface area contributed by atoms with Gasteiger partial charge >= 0.3 is 0 Å². The molecule has 0 radical (unpaired) electrons. The van der Waals surface area contributed by atoms with Crippen molar-refractivity contribution in [2.24, 2.45) is 0 Å². The summed E-state index contributed by atoms with van der Waals surface area (Å²) < 4.78 is 11.8. The van der Waals surface area contributed by atoms with Crippen LogP contribution in [0, 0.1) is 0 Å². The molecular weight excluding hydrogens is 180 g/mol. The van der Waals surface area contributed by atoms with Crippen LogP contribution in [0.15, 0.2) is 0 Å². The van der Waals surface area contributed by atoms with Crippen LogP contribution in [0.25, 0.3) is 0 Å². The topological polar surface area (TPSA) is 38.7 Å². The summed E-state index contributed by atoms with van der Waals surface area (Å²) in [6.07, 6.45) is 6.68. The summed E-state index contributed by atoms with van der Waals surface area (Å²) in [5.74, 6) is -0.294. The molecule has 0 aromatic heterocycles. The van der Waals surface area contributed by atoms with E-state index in [1.807, 2.05) is 0 Å². The lowest BCUT2D eigenvalue weighted by molar-refractivity contribution is -0.269. The van der Waals surface area contributed by atoms with Crippen molar-refractivity contribution in [1.29, 1.82) is 0 Å². The van der Waals surface area contributed by atoms with Crippen LogP contribution >= 0.6 is 0 Å². The monoisotopic (exact) mass is 200 g/mol. The van der Waals surface area contributed by atoms with Crippen molar-refractivity contribution in [3.05, 3.63) is 0 Å². The molecule has 0 aromatic rings. The lowest BCUT2D eigenvalue weighted by Gasteiger charge is -2.38. The van der Waals surface area contributed by atoms with Gasteiger partial charge in [-0.05, 0) is 32.6 Å². The van der Waals surface area contributed by atoms with Crippen molar-refractivity contribution in [3.63, 3.8) is 0 Å². The molecule has 0 bridgehead atoms. The predicted molar refractivity (Wildman–Crippen MR) is 52.9 cm³/mol. The molecule has 0 amide bonds. The maximum absolute atomic E-state index is 8.88. The molecule has 1 N–H and O–H groups in total. The Bertz CT molecular complexity index is 189. The minimum absolute atomic E-state index is 0.207. The van der Waals surface area contributed by atoms with Gasteiger partial charge in [-0.1, -0.05) is 0 Å². The van der Waals surface area contributed by atoms with Crippen molar-refractivity contribution >= 4 is 0 Å². The Hall–Kier alpha value is -0.120. The zero-order chi connectivity index (χ0) is 10.0. The Labute approximate surface area is 85.4 Å². The number of hydrogen-bond acceptors (Lipinski definition) is 3. The van der Waals surface area contributed by atoms with E-state index in [4.69, 9.17) is 14.6 Å². The third-order valence-electron chi connectivity index (χ3n) is 3.26. The maximum atomic E-state index is 8.88. The smallest absolute Gasteiger partial charge is 0.169 e. The fourth-order valence-electron chi connectivity index (χ4n) is 2.55. The molecule has 2 aliphatic heterocycles. The fraction of sp³-hybridized carbons (Fsp3) is 1.00. The van der Waals surface area contributed by atoms with Gasteiger partial charge in [0.15, 0.2) is 5.79 Å². The van der Waals surface area contributed by atoms with Crippen LogP contribution < -0.4 is 0 Å². The van der Waals surface area contributed by atoms with Gasteiger partial charge in [0.2, 0.25) is 0 Å². The Balaban J connectivity index is 1.93. The Morgan fingerprint density at radius 1 is 1.29 bits per heavy atom. The SMILES string of the molecule is C[C@@H]1CC[C@]2(CCC[C@@H](CCO)O2)O1. The first-order valence-corrected chi connectivity index (χ1v) is 5.71. The summed E-state index contributed by atoms with van der Waals surface area (Å²) in [6, 6.07) is 0. The highest BCUT2D eigenvalue weighted by atomic mass is 16.7. The van der Waals surface area contributed by atoms with Gasteiger partial charge in [-0.3, -0.25) is 0 Å². The highest BCUT2D eigenvalue weighted by molar-refractivity contribution is 4.84. The molecule has 0 aliphatic carbocycles. The van der Waals surface area contributed by atoms with E-state index >= 15 is 0 Å². The summed E-state index contributed by atoms with van der Waals surface area (Å²) in [6.45, 7) is 2.32. The van der Waals surface area contributed by atoms with Gasteiger partial charge in [0.1, 0.15) is 0 Å². The molecule has 2 heterocycles. The van der Waals surface area contributed by atoms with Crippen LogP contribution in [0.2, 0.25) is 0 Å². The Kier molecular flexibility index (Phi) is 3.10. The number of rotatable bonds is 2. The fourth-order valence-corrected chi connectivity index (χ4v) is 2.55. The molecule has 2 rings (SSSR count). The second kappa shape index (κ2) is 4.17. The van der Waals surface area contributed by atoms with Gasteiger partial charge in [0, 0.05) is 19.4 Å². The third-order valence-corrected chi connectivity index (χ3v) is 3.26. The van der Waals surface area contributed by atoms with Crippen LogP contribution in [0.4, 0.5) is 0 Å². The van der Waals surface area contributed by atoms with E-state index in [0.29, 0.717) is 6.10 Å². The van der Waals surface area contributed by atoms with Crippen LogP contribution in [-0.2, 0) is 9.47 Å². The normalized spacial score (nSPS) is 43.3. The third kappa shape index (κ3) is 2.10. The van der Waals surface area contributed by atoms with E-state index < -0.39 is 0 Å². The molecule has 2 aliphatic rings. The van der Waals surface area contributed by atoms with E-state index in [-0.39, 0.29) is 18.5 Å². The van der Waals surface area contributed by atoms with E-state index in [9.17, 15) is 0 Å². The zero-order valence-corrected chi connectivity index (χ0v) is 8.87. The summed E-state index contributed by atoms with van der Waals surface area (Å²) in [5.41, 5.74) is 0. The van der Waals surface area contributed by atoms with Crippen molar-refractivity contribution in [2.75, 3.05) is 6.61 Å². The predicted octanol–water partition coefficient (Wildman–Crippen LogP) is 1.83. The molecule has 1 spiro atoms. The van der Waals surface area contributed by atoms with Gasteiger partial charge < -0.3 is 14.6 Å². The average Bonchev–Trinajstić information content (AvgIpc) is 2.48. The van der Waals surface area contributed by atoms with Crippen LogP contribution in [0.3, 0.4) is 0 Å². The second-order valence-electron chi connectivity index (χ2n) is 4.52. The number of ether oxygens (including phenoxy) is 2. The summed E-state index contributed by atoms with van der Waals surface area (Å²) in [4.78, 5) is 0. The molecule has 0 saturated carbocycles. The minimum Gasteiger partial charge on any atom is -0.396 e. The van der Waals surface area contributed by atoms with E-state index in [2.05, 4.69) is 6.92 Å². The quantitative estimate of drug-likeness (QED) is 0.739. The zero-order valence-electron chi connectivity index (χ0n) is 8.87. The summed E-state index contributed by atoms with van der Waals surface area (Å²) >= 11 is 0. The second-order valence-corrected chi connectivity index (χ2v) is 4.52. The van der Waals surface area contributed by atoms with Crippen LogP contribution in [0.5, 0.6) is 0 Å². The highest BCUT2D eigenvalue weighted by Crippen LogP contribution is 2.40.